The molecule has 0 bridgehead atoms. The fourth-order valence-electron chi connectivity index (χ4n) is 5.02. The number of rotatable bonds is 4. The predicted octanol–water partition coefficient (Wildman–Crippen LogP) is 4.06. The predicted molar refractivity (Wildman–Crippen MR) is 90.5 cm³/mol. The lowest BCUT2D eigenvalue weighted by molar-refractivity contribution is 0.0494. The van der Waals surface area contributed by atoms with Crippen molar-refractivity contribution in [1.82, 2.24) is 10.2 Å². The van der Waals surface area contributed by atoms with Crippen LogP contribution in [0.4, 0.5) is 0 Å². The molecule has 2 unspecified atom stereocenters. The average Bonchev–Trinajstić information content (AvgIpc) is 3.01. The number of nitrogens with one attached hydrogen (secondary N) is 1. The fraction of sp³-hybridized carbons (Fsp3) is 1.00. The van der Waals surface area contributed by atoms with E-state index in [-0.39, 0.29) is 0 Å². The third-order valence-electron chi connectivity index (χ3n) is 6.46. The van der Waals surface area contributed by atoms with Crippen LogP contribution in [0.2, 0.25) is 0 Å². The number of nitrogens with zero attached hydrogens (tertiary/aromatic N) is 1. The van der Waals surface area contributed by atoms with Gasteiger partial charge in [0.05, 0.1) is 0 Å². The van der Waals surface area contributed by atoms with Gasteiger partial charge in [0.2, 0.25) is 0 Å². The van der Waals surface area contributed by atoms with Crippen LogP contribution in [-0.4, -0.2) is 36.6 Å². The van der Waals surface area contributed by atoms with E-state index in [1.807, 2.05) is 0 Å². The Morgan fingerprint density at radius 3 is 2.29 bits per heavy atom. The van der Waals surface area contributed by atoms with Gasteiger partial charge in [0.15, 0.2) is 0 Å². The SMILES string of the molecule is CC(C)C1CN(CC2CCCC2)C(C2CCCCC2)CN1. The van der Waals surface area contributed by atoms with E-state index in [1.165, 1.54) is 77.4 Å². The molecular weight excluding hydrogens is 256 g/mol. The van der Waals surface area contributed by atoms with E-state index in [4.69, 9.17) is 0 Å². The van der Waals surface area contributed by atoms with Crippen LogP contribution in [0, 0.1) is 17.8 Å². The van der Waals surface area contributed by atoms with Gasteiger partial charge in [0.25, 0.3) is 0 Å². The van der Waals surface area contributed by atoms with Crippen molar-refractivity contribution in [3.05, 3.63) is 0 Å². The molecule has 2 aliphatic carbocycles. The van der Waals surface area contributed by atoms with Crippen LogP contribution in [0.15, 0.2) is 0 Å². The first-order valence-electron chi connectivity index (χ1n) is 9.71. The van der Waals surface area contributed by atoms with E-state index < -0.39 is 0 Å². The number of piperazine rings is 1. The molecule has 1 N–H and O–H groups in total. The number of hydrogen-bond donors (Lipinski definition) is 1. The topological polar surface area (TPSA) is 15.3 Å². The van der Waals surface area contributed by atoms with Crippen molar-refractivity contribution in [2.24, 2.45) is 17.8 Å². The molecule has 0 aromatic carbocycles. The maximum atomic E-state index is 3.88. The summed E-state index contributed by atoms with van der Waals surface area (Å²) in [5.74, 6) is 2.74. The van der Waals surface area contributed by atoms with E-state index in [9.17, 15) is 0 Å². The molecule has 2 nitrogen and oxygen atoms in total. The van der Waals surface area contributed by atoms with E-state index in [2.05, 4.69) is 24.1 Å². The van der Waals surface area contributed by atoms with Gasteiger partial charge in [-0.3, -0.25) is 4.90 Å². The Bertz CT molecular complexity index is 301. The summed E-state index contributed by atoms with van der Waals surface area (Å²) in [6, 6.07) is 1.55. The smallest absolute Gasteiger partial charge is 0.0249 e. The molecule has 3 rings (SSSR count). The van der Waals surface area contributed by atoms with Gasteiger partial charge in [-0.15, -0.1) is 0 Å². The van der Waals surface area contributed by atoms with Crippen LogP contribution in [0.25, 0.3) is 0 Å². The highest BCUT2D eigenvalue weighted by molar-refractivity contribution is 4.93. The summed E-state index contributed by atoms with van der Waals surface area (Å²) in [6.45, 7) is 8.71. The lowest BCUT2D eigenvalue weighted by atomic mass is 9.81. The summed E-state index contributed by atoms with van der Waals surface area (Å²) < 4.78 is 0. The van der Waals surface area contributed by atoms with Crippen LogP contribution in [0.1, 0.15) is 71.6 Å². The summed E-state index contributed by atoms with van der Waals surface area (Å²) in [7, 11) is 0. The maximum Gasteiger partial charge on any atom is 0.0249 e. The zero-order chi connectivity index (χ0) is 14.7. The van der Waals surface area contributed by atoms with Crippen molar-refractivity contribution in [3.8, 4) is 0 Å². The second kappa shape index (κ2) is 7.46. The molecule has 2 saturated carbocycles. The molecule has 1 heterocycles. The van der Waals surface area contributed by atoms with Crippen molar-refractivity contribution < 1.29 is 0 Å². The highest BCUT2D eigenvalue weighted by Crippen LogP contribution is 2.33. The van der Waals surface area contributed by atoms with E-state index in [0.29, 0.717) is 6.04 Å². The van der Waals surface area contributed by atoms with Crippen LogP contribution in [0.3, 0.4) is 0 Å². The molecule has 3 aliphatic rings. The molecular formula is C19H36N2. The Morgan fingerprint density at radius 1 is 0.952 bits per heavy atom. The fourth-order valence-corrected chi connectivity index (χ4v) is 5.02. The Balaban J connectivity index is 1.63. The molecule has 0 amide bonds. The monoisotopic (exact) mass is 292 g/mol. The molecule has 0 radical (unpaired) electrons. The van der Waals surface area contributed by atoms with Gasteiger partial charge < -0.3 is 5.32 Å². The lowest BCUT2D eigenvalue weighted by Gasteiger charge is -2.47. The minimum absolute atomic E-state index is 0.714. The first-order chi connectivity index (χ1) is 10.2. The summed E-state index contributed by atoms with van der Waals surface area (Å²) in [6.07, 6.45) is 13.4. The molecule has 2 heteroatoms. The van der Waals surface area contributed by atoms with Gasteiger partial charge in [0, 0.05) is 31.7 Å². The van der Waals surface area contributed by atoms with Crippen LogP contribution in [-0.2, 0) is 0 Å². The molecule has 122 valence electrons. The standard InChI is InChI=1S/C19H36N2/c1-15(2)18-14-21(13-16-8-6-7-9-16)19(12-20-18)17-10-4-3-5-11-17/h15-20H,3-14H2,1-2H3. The minimum Gasteiger partial charge on any atom is -0.311 e. The summed E-state index contributed by atoms with van der Waals surface area (Å²) >= 11 is 0. The molecule has 21 heavy (non-hydrogen) atoms. The van der Waals surface area contributed by atoms with Crippen molar-refractivity contribution in [1.29, 1.82) is 0 Å². The summed E-state index contributed by atoms with van der Waals surface area (Å²) in [5, 5.41) is 3.88. The first kappa shape index (κ1) is 15.8. The normalized spacial score (nSPS) is 33.9. The molecule has 0 aromatic rings. The molecule has 0 spiro atoms. The Hall–Kier alpha value is -0.0800. The zero-order valence-corrected chi connectivity index (χ0v) is 14.3. The van der Waals surface area contributed by atoms with E-state index >= 15 is 0 Å². The maximum absolute atomic E-state index is 3.88. The van der Waals surface area contributed by atoms with Gasteiger partial charge in [0.1, 0.15) is 0 Å². The van der Waals surface area contributed by atoms with Crippen molar-refractivity contribution in [2.45, 2.75) is 83.7 Å². The van der Waals surface area contributed by atoms with Crippen LogP contribution < -0.4 is 5.32 Å². The largest absolute Gasteiger partial charge is 0.311 e. The second-order valence-corrected chi connectivity index (χ2v) is 8.33. The third kappa shape index (κ3) is 4.01. The van der Waals surface area contributed by atoms with Gasteiger partial charge >= 0.3 is 0 Å². The van der Waals surface area contributed by atoms with E-state index in [0.717, 1.165) is 23.8 Å². The summed E-state index contributed by atoms with van der Waals surface area (Å²) in [4.78, 5) is 2.92. The number of hydrogen-bond acceptors (Lipinski definition) is 2. The van der Waals surface area contributed by atoms with E-state index in [1.54, 1.807) is 0 Å². The van der Waals surface area contributed by atoms with Gasteiger partial charge in [-0.05, 0) is 43.4 Å². The highest BCUT2D eigenvalue weighted by Gasteiger charge is 2.35. The second-order valence-electron chi connectivity index (χ2n) is 8.33. The van der Waals surface area contributed by atoms with Gasteiger partial charge in [-0.1, -0.05) is 46.0 Å². The van der Waals surface area contributed by atoms with Gasteiger partial charge in [-0.25, -0.2) is 0 Å². The first-order valence-corrected chi connectivity index (χ1v) is 9.71. The van der Waals surface area contributed by atoms with Crippen LogP contribution in [0.5, 0.6) is 0 Å². The lowest BCUT2D eigenvalue weighted by Crippen LogP contribution is -2.61. The van der Waals surface area contributed by atoms with Gasteiger partial charge in [-0.2, -0.15) is 0 Å². The Morgan fingerprint density at radius 2 is 1.62 bits per heavy atom. The average molecular weight is 293 g/mol. The highest BCUT2D eigenvalue weighted by atomic mass is 15.2. The molecule has 1 aliphatic heterocycles. The van der Waals surface area contributed by atoms with Crippen molar-refractivity contribution >= 4 is 0 Å². The summed E-state index contributed by atoms with van der Waals surface area (Å²) in [5.41, 5.74) is 0. The molecule has 1 saturated heterocycles. The minimum atomic E-state index is 0.714. The molecule has 3 fully saturated rings. The van der Waals surface area contributed by atoms with Crippen molar-refractivity contribution in [3.63, 3.8) is 0 Å². The Kier molecular flexibility index (Phi) is 5.61. The van der Waals surface area contributed by atoms with Crippen LogP contribution >= 0.6 is 0 Å². The Labute approximate surface area is 132 Å². The quantitative estimate of drug-likeness (QED) is 0.841. The molecule has 2 atom stereocenters. The van der Waals surface area contributed by atoms with Crippen molar-refractivity contribution in [2.75, 3.05) is 19.6 Å². The molecule has 0 aromatic heterocycles. The zero-order valence-electron chi connectivity index (χ0n) is 14.3. The third-order valence-corrected chi connectivity index (χ3v) is 6.46.